The fraction of sp³-hybridized carbons (Fsp3) is 0.591. The number of anilines is 1. The van der Waals surface area contributed by atoms with Gasteiger partial charge in [0, 0.05) is 50.3 Å². The summed E-state index contributed by atoms with van der Waals surface area (Å²) in [5.41, 5.74) is 9.93. The molecule has 1 saturated heterocycles. The Labute approximate surface area is 186 Å². The molecule has 4 rings (SSSR count). The second kappa shape index (κ2) is 9.01. The lowest BCUT2D eigenvalue weighted by atomic mass is 9.84. The molecule has 2 fully saturated rings. The quantitative estimate of drug-likeness (QED) is 0.722. The van der Waals surface area contributed by atoms with Crippen LogP contribution in [0.2, 0.25) is 0 Å². The zero-order chi connectivity index (χ0) is 22.9. The molecule has 0 spiro atoms. The van der Waals surface area contributed by atoms with Crippen molar-refractivity contribution in [2.24, 2.45) is 10.7 Å². The molecular weight excluding hydrogens is 416 g/mol. The van der Waals surface area contributed by atoms with Crippen molar-refractivity contribution in [3.8, 4) is 0 Å². The maximum Gasteiger partial charge on any atom is 0.248 e. The summed E-state index contributed by atoms with van der Waals surface area (Å²) >= 11 is 0. The first-order valence-electron chi connectivity index (χ1n) is 10.9. The summed E-state index contributed by atoms with van der Waals surface area (Å²) in [7, 11) is 1.68. The van der Waals surface area contributed by atoms with Crippen LogP contribution in [0.3, 0.4) is 0 Å². The third-order valence-corrected chi connectivity index (χ3v) is 6.25. The maximum atomic E-state index is 13.8. The van der Waals surface area contributed by atoms with Crippen LogP contribution in [0.15, 0.2) is 16.8 Å². The van der Waals surface area contributed by atoms with Crippen molar-refractivity contribution in [1.82, 2.24) is 19.9 Å². The predicted octanol–water partition coefficient (Wildman–Crippen LogP) is 3.08. The molecule has 1 atom stereocenters. The van der Waals surface area contributed by atoms with Crippen molar-refractivity contribution in [2.45, 2.75) is 57.5 Å². The van der Waals surface area contributed by atoms with Crippen molar-refractivity contribution in [3.63, 3.8) is 0 Å². The lowest BCUT2D eigenvalue weighted by Crippen LogP contribution is -2.44. The first-order valence-corrected chi connectivity index (χ1v) is 10.9. The van der Waals surface area contributed by atoms with Crippen molar-refractivity contribution < 1.29 is 13.5 Å². The highest BCUT2D eigenvalue weighted by Crippen LogP contribution is 2.42. The molecule has 0 aromatic carbocycles. The van der Waals surface area contributed by atoms with Crippen LogP contribution in [-0.4, -0.2) is 64.9 Å². The van der Waals surface area contributed by atoms with E-state index >= 15 is 0 Å². The van der Waals surface area contributed by atoms with Gasteiger partial charge >= 0.3 is 0 Å². The van der Waals surface area contributed by atoms with E-state index in [-0.39, 0.29) is 24.9 Å². The van der Waals surface area contributed by atoms with Crippen molar-refractivity contribution in [2.75, 3.05) is 31.6 Å². The van der Waals surface area contributed by atoms with Crippen LogP contribution in [0.4, 0.5) is 14.7 Å². The van der Waals surface area contributed by atoms with Gasteiger partial charge in [0.15, 0.2) is 5.65 Å². The van der Waals surface area contributed by atoms with Crippen molar-refractivity contribution >= 4 is 23.3 Å². The van der Waals surface area contributed by atoms with Crippen LogP contribution in [0, 0.1) is 13.8 Å². The van der Waals surface area contributed by atoms with Gasteiger partial charge in [-0.1, -0.05) is 0 Å². The molecule has 2 aliphatic rings. The van der Waals surface area contributed by atoms with E-state index in [1.54, 1.807) is 13.3 Å². The molecule has 1 saturated carbocycles. The minimum absolute atomic E-state index is 0.0983. The molecule has 0 amide bonds. The smallest absolute Gasteiger partial charge is 0.248 e. The monoisotopic (exact) mass is 445 g/mol. The van der Waals surface area contributed by atoms with E-state index in [9.17, 15) is 8.78 Å². The Balaban J connectivity index is 1.73. The van der Waals surface area contributed by atoms with E-state index in [2.05, 4.69) is 9.98 Å². The number of morpholine rings is 1. The number of fused-ring (bicyclic) bond motifs is 1. The third-order valence-electron chi connectivity index (χ3n) is 6.25. The first kappa shape index (κ1) is 22.4. The molecule has 10 heteroatoms. The largest absolute Gasteiger partial charge is 0.404 e. The second-order valence-corrected chi connectivity index (χ2v) is 8.47. The number of hydrogen-bond donors (Lipinski definition) is 1. The standard InChI is InChI=1S/C22H29F2N7O/c1-13-14(2)28-20-19(27-13)18(15-4-6-22(23,24)7-5-15)29-21(30-20)31-8-9-32-17(12-31)16(10-25)11-26-3/h10-11,15,17H,4-9,12,25H2,1-3H3/b16-10+,26-11?/t17-/m1/s1. The van der Waals surface area contributed by atoms with Crippen LogP contribution >= 0.6 is 0 Å². The Bertz CT molecular complexity index is 1050. The fourth-order valence-electron chi connectivity index (χ4n) is 4.28. The summed E-state index contributed by atoms with van der Waals surface area (Å²) in [4.78, 5) is 25.0. The van der Waals surface area contributed by atoms with Gasteiger partial charge < -0.3 is 15.4 Å². The Hall–Kier alpha value is -2.75. The van der Waals surface area contributed by atoms with E-state index < -0.39 is 5.92 Å². The lowest BCUT2D eigenvalue weighted by molar-refractivity contribution is -0.0384. The molecule has 2 N–H and O–H groups in total. The molecule has 1 aliphatic heterocycles. The topological polar surface area (TPSA) is 102 Å². The number of aliphatic imine (C=N–C) groups is 1. The number of aryl methyl sites for hydroxylation is 2. The van der Waals surface area contributed by atoms with Crippen molar-refractivity contribution in [3.05, 3.63) is 28.9 Å². The number of rotatable bonds is 4. The van der Waals surface area contributed by atoms with Crippen molar-refractivity contribution in [1.29, 1.82) is 0 Å². The van der Waals surface area contributed by atoms with Gasteiger partial charge in [0.2, 0.25) is 11.9 Å². The molecule has 0 unspecified atom stereocenters. The molecule has 0 bridgehead atoms. The van der Waals surface area contributed by atoms with E-state index in [4.69, 9.17) is 25.4 Å². The van der Waals surface area contributed by atoms with E-state index in [1.807, 2.05) is 18.7 Å². The highest BCUT2D eigenvalue weighted by molar-refractivity contribution is 5.80. The predicted molar refractivity (Wildman–Crippen MR) is 119 cm³/mol. The summed E-state index contributed by atoms with van der Waals surface area (Å²) in [6.45, 7) is 5.35. The molecule has 1 aliphatic carbocycles. The Morgan fingerprint density at radius 3 is 2.56 bits per heavy atom. The first-order chi connectivity index (χ1) is 15.3. The summed E-state index contributed by atoms with van der Waals surface area (Å²) in [6.07, 6.45) is 3.36. The van der Waals surface area contributed by atoms with Gasteiger partial charge in [0.25, 0.3) is 0 Å². The number of hydrogen-bond acceptors (Lipinski definition) is 8. The average molecular weight is 446 g/mol. The second-order valence-electron chi connectivity index (χ2n) is 8.47. The van der Waals surface area contributed by atoms with E-state index in [1.165, 1.54) is 6.20 Å². The SMILES string of the molecule is CN=C/C(=C\N)[C@H]1CN(c2nc(C3CCC(F)(F)CC3)c3nc(C)c(C)nc3n2)CCO1. The molecule has 172 valence electrons. The number of aromatic nitrogens is 4. The Kier molecular flexibility index (Phi) is 6.32. The van der Waals surface area contributed by atoms with Crippen LogP contribution in [0.5, 0.6) is 0 Å². The fourth-order valence-corrected chi connectivity index (χ4v) is 4.28. The number of ether oxygens (including phenoxy) is 1. The molecule has 32 heavy (non-hydrogen) atoms. The van der Waals surface area contributed by atoms with E-state index in [0.29, 0.717) is 55.3 Å². The van der Waals surface area contributed by atoms with Gasteiger partial charge in [-0.2, -0.15) is 4.98 Å². The van der Waals surface area contributed by atoms with Gasteiger partial charge in [0.05, 0.1) is 30.2 Å². The van der Waals surface area contributed by atoms with Gasteiger partial charge in [-0.05, 0) is 26.7 Å². The highest BCUT2D eigenvalue weighted by atomic mass is 19.3. The Morgan fingerprint density at radius 2 is 1.88 bits per heavy atom. The third kappa shape index (κ3) is 4.55. The molecule has 2 aromatic heterocycles. The van der Waals surface area contributed by atoms with Gasteiger partial charge in [-0.3, -0.25) is 4.99 Å². The summed E-state index contributed by atoms with van der Waals surface area (Å²) in [6, 6.07) is 0. The van der Waals surface area contributed by atoms with Gasteiger partial charge in [-0.15, -0.1) is 0 Å². The molecule has 0 radical (unpaired) electrons. The molecule has 8 nitrogen and oxygen atoms in total. The van der Waals surface area contributed by atoms with Crippen LogP contribution < -0.4 is 10.6 Å². The molecular formula is C22H29F2N7O. The van der Waals surface area contributed by atoms with Crippen LogP contribution in [-0.2, 0) is 4.74 Å². The maximum absolute atomic E-state index is 13.8. The minimum Gasteiger partial charge on any atom is -0.404 e. The summed E-state index contributed by atoms with van der Waals surface area (Å²) < 4.78 is 33.5. The van der Waals surface area contributed by atoms with E-state index in [0.717, 1.165) is 17.0 Å². The van der Waals surface area contributed by atoms with Gasteiger partial charge in [-0.25, -0.2) is 23.7 Å². The number of halogens is 2. The van der Waals surface area contributed by atoms with Crippen LogP contribution in [0.25, 0.3) is 11.2 Å². The van der Waals surface area contributed by atoms with Gasteiger partial charge in [0.1, 0.15) is 11.6 Å². The summed E-state index contributed by atoms with van der Waals surface area (Å²) in [5, 5.41) is 0. The molecule has 3 heterocycles. The number of nitrogens with zero attached hydrogens (tertiary/aromatic N) is 6. The number of nitrogens with two attached hydrogens (primary N) is 1. The van der Waals surface area contributed by atoms with Crippen LogP contribution in [0.1, 0.15) is 48.7 Å². The minimum atomic E-state index is -2.61. The normalized spacial score (nSPS) is 22.7. The highest BCUT2D eigenvalue weighted by Gasteiger charge is 2.37. The average Bonchev–Trinajstić information content (AvgIpc) is 2.78. The number of alkyl halides is 2. The Morgan fingerprint density at radius 1 is 1.16 bits per heavy atom. The lowest BCUT2D eigenvalue weighted by Gasteiger charge is -2.34. The zero-order valence-corrected chi connectivity index (χ0v) is 18.7. The zero-order valence-electron chi connectivity index (χ0n) is 18.7. The summed E-state index contributed by atoms with van der Waals surface area (Å²) in [5.74, 6) is -2.19. The molecule has 2 aromatic rings.